The molecule has 0 radical (unpaired) electrons. The first-order valence-electron chi connectivity index (χ1n) is 8.33. The highest BCUT2D eigenvalue weighted by Crippen LogP contribution is 2.14. The number of likely N-dealkylation sites (N-methyl/N-ethyl adjacent to an activating group) is 1. The third-order valence-corrected chi connectivity index (χ3v) is 4.25. The number of amides is 2. The number of hydrogen-bond donors (Lipinski definition) is 1. The first-order chi connectivity index (χ1) is 12.3. The van der Waals surface area contributed by atoms with Crippen LogP contribution in [-0.4, -0.2) is 29.8 Å². The number of carbonyl (C=O) groups is 2. The molecule has 2 aromatic rings. The van der Waals surface area contributed by atoms with Crippen molar-refractivity contribution in [2.75, 3.05) is 7.05 Å². The van der Waals surface area contributed by atoms with Crippen molar-refractivity contribution in [3.63, 3.8) is 0 Å². The number of rotatable bonds is 6. The molecule has 0 spiro atoms. The molecule has 0 aliphatic rings. The Bertz CT molecular complexity index is 778. The van der Waals surface area contributed by atoms with Gasteiger partial charge in [0.1, 0.15) is 11.9 Å². The summed E-state index contributed by atoms with van der Waals surface area (Å²) in [4.78, 5) is 26.7. The summed E-state index contributed by atoms with van der Waals surface area (Å²) < 4.78 is 13.0. The van der Waals surface area contributed by atoms with E-state index in [1.807, 2.05) is 26.0 Å². The van der Waals surface area contributed by atoms with Crippen LogP contribution < -0.4 is 5.32 Å². The van der Waals surface area contributed by atoms with E-state index in [2.05, 4.69) is 5.32 Å². The van der Waals surface area contributed by atoms with Crippen LogP contribution in [0.5, 0.6) is 0 Å². The molecule has 0 saturated heterocycles. The zero-order valence-corrected chi connectivity index (χ0v) is 15.8. The van der Waals surface area contributed by atoms with Crippen molar-refractivity contribution in [2.45, 2.75) is 26.4 Å². The van der Waals surface area contributed by atoms with Gasteiger partial charge in [-0.2, -0.15) is 0 Å². The zero-order chi connectivity index (χ0) is 19.3. The normalized spacial score (nSPS) is 11.9. The van der Waals surface area contributed by atoms with E-state index >= 15 is 0 Å². The molecular formula is C20H22ClFN2O2. The van der Waals surface area contributed by atoms with Crippen molar-refractivity contribution in [3.8, 4) is 0 Å². The van der Waals surface area contributed by atoms with Crippen LogP contribution in [0.15, 0.2) is 48.5 Å². The van der Waals surface area contributed by atoms with Gasteiger partial charge in [-0.3, -0.25) is 9.59 Å². The number of halogens is 2. The Morgan fingerprint density at radius 2 is 1.81 bits per heavy atom. The van der Waals surface area contributed by atoms with Crippen molar-refractivity contribution < 1.29 is 14.0 Å². The lowest BCUT2D eigenvalue weighted by Crippen LogP contribution is -2.50. The maximum absolute atomic E-state index is 13.0. The molecular weight excluding hydrogens is 355 g/mol. The van der Waals surface area contributed by atoms with Crippen LogP contribution in [0.4, 0.5) is 4.39 Å². The van der Waals surface area contributed by atoms with Gasteiger partial charge in [0.25, 0.3) is 5.91 Å². The van der Waals surface area contributed by atoms with E-state index in [1.54, 1.807) is 24.1 Å². The smallest absolute Gasteiger partial charge is 0.251 e. The van der Waals surface area contributed by atoms with Crippen LogP contribution >= 0.6 is 11.6 Å². The minimum Gasteiger partial charge on any atom is -0.340 e. The Morgan fingerprint density at radius 3 is 2.38 bits per heavy atom. The maximum atomic E-state index is 13.0. The van der Waals surface area contributed by atoms with Crippen LogP contribution in [-0.2, 0) is 11.3 Å². The highest BCUT2D eigenvalue weighted by Gasteiger charge is 2.27. The molecule has 0 saturated carbocycles. The van der Waals surface area contributed by atoms with Gasteiger partial charge in [-0.05, 0) is 47.9 Å². The van der Waals surface area contributed by atoms with Gasteiger partial charge in [0, 0.05) is 24.2 Å². The van der Waals surface area contributed by atoms with Crippen molar-refractivity contribution in [2.24, 2.45) is 5.92 Å². The standard InChI is InChI=1S/C20H22ClFN2O2/c1-13(2)18(23-19(25)15-7-9-17(22)10-8-15)20(26)24(3)12-14-5-4-6-16(21)11-14/h4-11,13,18H,12H2,1-3H3,(H,23,25)/t18-/m0/s1. The zero-order valence-electron chi connectivity index (χ0n) is 15.0. The molecule has 2 amide bonds. The summed E-state index contributed by atoms with van der Waals surface area (Å²) in [5.74, 6) is -1.13. The van der Waals surface area contributed by atoms with Crippen molar-refractivity contribution in [1.29, 1.82) is 0 Å². The van der Waals surface area contributed by atoms with Crippen LogP contribution in [0.2, 0.25) is 5.02 Å². The molecule has 0 fully saturated rings. The van der Waals surface area contributed by atoms with E-state index in [0.717, 1.165) is 5.56 Å². The van der Waals surface area contributed by atoms with Gasteiger partial charge in [0.2, 0.25) is 5.91 Å². The van der Waals surface area contributed by atoms with E-state index in [9.17, 15) is 14.0 Å². The molecule has 0 unspecified atom stereocenters. The highest BCUT2D eigenvalue weighted by molar-refractivity contribution is 6.30. The second kappa shape index (κ2) is 8.81. The Kier molecular flexibility index (Phi) is 6.75. The second-order valence-corrected chi connectivity index (χ2v) is 6.96. The van der Waals surface area contributed by atoms with Gasteiger partial charge in [-0.25, -0.2) is 4.39 Å². The van der Waals surface area contributed by atoms with Crippen LogP contribution in [0.25, 0.3) is 0 Å². The van der Waals surface area contributed by atoms with E-state index in [1.165, 1.54) is 24.3 Å². The van der Waals surface area contributed by atoms with Gasteiger partial charge >= 0.3 is 0 Å². The number of hydrogen-bond acceptors (Lipinski definition) is 2. The third kappa shape index (κ3) is 5.30. The molecule has 1 atom stereocenters. The van der Waals surface area contributed by atoms with Crippen molar-refractivity contribution in [1.82, 2.24) is 10.2 Å². The third-order valence-electron chi connectivity index (χ3n) is 4.01. The number of benzene rings is 2. The molecule has 0 aliphatic carbocycles. The van der Waals surface area contributed by atoms with Gasteiger partial charge in [-0.15, -0.1) is 0 Å². The van der Waals surface area contributed by atoms with E-state index in [4.69, 9.17) is 11.6 Å². The average molecular weight is 377 g/mol. The predicted octanol–water partition coefficient (Wildman–Crippen LogP) is 3.89. The molecule has 2 rings (SSSR count). The fourth-order valence-corrected chi connectivity index (χ4v) is 2.78. The highest BCUT2D eigenvalue weighted by atomic mass is 35.5. The minimum atomic E-state index is -0.684. The summed E-state index contributed by atoms with van der Waals surface area (Å²) >= 11 is 5.98. The van der Waals surface area contributed by atoms with Crippen LogP contribution in [0.1, 0.15) is 29.8 Å². The Balaban J connectivity index is 2.08. The topological polar surface area (TPSA) is 49.4 Å². The Hall–Kier alpha value is -2.40. The minimum absolute atomic E-state index is 0.103. The summed E-state index contributed by atoms with van der Waals surface area (Å²) in [7, 11) is 1.68. The van der Waals surface area contributed by atoms with Gasteiger partial charge in [0.05, 0.1) is 0 Å². The lowest BCUT2D eigenvalue weighted by Gasteiger charge is -2.27. The second-order valence-electron chi connectivity index (χ2n) is 6.53. The van der Waals surface area contributed by atoms with E-state index in [0.29, 0.717) is 17.1 Å². The van der Waals surface area contributed by atoms with E-state index in [-0.39, 0.29) is 11.8 Å². The summed E-state index contributed by atoms with van der Waals surface area (Å²) in [6.45, 7) is 4.11. The van der Waals surface area contributed by atoms with E-state index < -0.39 is 17.8 Å². The molecule has 0 aliphatic heterocycles. The fourth-order valence-electron chi connectivity index (χ4n) is 2.56. The Labute approximate surface area is 158 Å². The van der Waals surface area contributed by atoms with Gasteiger partial charge in [0.15, 0.2) is 0 Å². The fraction of sp³-hybridized carbons (Fsp3) is 0.300. The molecule has 0 heterocycles. The Morgan fingerprint density at radius 1 is 1.15 bits per heavy atom. The van der Waals surface area contributed by atoms with Crippen LogP contribution in [0.3, 0.4) is 0 Å². The quantitative estimate of drug-likeness (QED) is 0.831. The van der Waals surface area contributed by atoms with Gasteiger partial charge in [-0.1, -0.05) is 37.6 Å². The van der Waals surface area contributed by atoms with Crippen molar-refractivity contribution >= 4 is 23.4 Å². The molecule has 26 heavy (non-hydrogen) atoms. The molecule has 0 aromatic heterocycles. The summed E-state index contributed by atoms with van der Waals surface area (Å²) in [6.07, 6.45) is 0. The molecule has 1 N–H and O–H groups in total. The largest absolute Gasteiger partial charge is 0.340 e. The molecule has 4 nitrogen and oxygen atoms in total. The maximum Gasteiger partial charge on any atom is 0.251 e. The van der Waals surface area contributed by atoms with Gasteiger partial charge < -0.3 is 10.2 Å². The summed E-state index contributed by atoms with van der Waals surface area (Å²) in [5.41, 5.74) is 1.21. The summed E-state index contributed by atoms with van der Waals surface area (Å²) in [5, 5.41) is 3.36. The predicted molar refractivity (Wildman–Crippen MR) is 100 cm³/mol. The molecule has 138 valence electrons. The summed E-state index contributed by atoms with van der Waals surface area (Å²) in [6, 6.07) is 11.8. The molecule has 2 aromatic carbocycles. The number of carbonyl (C=O) groups excluding carboxylic acids is 2. The molecule has 0 bridgehead atoms. The SMILES string of the molecule is CC(C)[C@H](NC(=O)c1ccc(F)cc1)C(=O)N(C)Cc1cccc(Cl)c1. The first-order valence-corrected chi connectivity index (χ1v) is 8.71. The lowest BCUT2D eigenvalue weighted by molar-refractivity contribution is -0.133. The first kappa shape index (κ1) is 19.9. The number of nitrogens with zero attached hydrogens (tertiary/aromatic N) is 1. The molecule has 6 heteroatoms. The lowest BCUT2D eigenvalue weighted by atomic mass is 10.0. The van der Waals surface area contributed by atoms with Crippen molar-refractivity contribution in [3.05, 3.63) is 70.5 Å². The van der Waals surface area contributed by atoms with Crippen LogP contribution in [0, 0.1) is 11.7 Å². The monoisotopic (exact) mass is 376 g/mol. The average Bonchev–Trinajstić information content (AvgIpc) is 2.59. The number of nitrogens with one attached hydrogen (secondary N) is 1.